The molecule has 1 aromatic carbocycles. The van der Waals surface area contributed by atoms with Gasteiger partial charge in [-0.3, -0.25) is 4.79 Å². The second-order valence-electron chi connectivity index (χ2n) is 5.21. The van der Waals surface area contributed by atoms with Gasteiger partial charge >= 0.3 is 5.97 Å². The van der Waals surface area contributed by atoms with Crippen molar-refractivity contribution in [1.82, 2.24) is 4.57 Å². The van der Waals surface area contributed by atoms with Crippen LogP contribution in [0.4, 0.5) is 0 Å². The summed E-state index contributed by atoms with van der Waals surface area (Å²) in [5, 5.41) is 0. The lowest BCUT2D eigenvalue weighted by Gasteiger charge is -2.05. The number of aromatic nitrogens is 1. The Labute approximate surface area is 124 Å². The summed E-state index contributed by atoms with van der Waals surface area (Å²) >= 11 is 0. The smallest absolute Gasteiger partial charge is 0.338 e. The summed E-state index contributed by atoms with van der Waals surface area (Å²) in [5.74, 6) is -0.658. The molecule has 0 saturated carbocycles. The Morgan fingerprint density at radius 3 is 2.43 bits per heavy atom. The molecule has 0 radical (unpaired) electrons. The molecule has 0 bridgehead atoms. The van der Waals surface area contributed by atoms with Crippen molar-refractivity contribution in [2.24, 2.45) is 7.05 Å². The third-order valence-electron chi connectivity index (χ3n) is 3.66. The normalized spacial score (nSPS) is 10.5. The molecular formula is C17H19NO3. The van der Waals surface area contributed by atoms with Gasteiger partial charge in [0.15, 0.2) is 6.61 Å². The first kappa shape index (κ1) is 15.0. The number of Topliss-reactive ketones (excluding diaryl/α,β-unsaturated/α-hetero) is 1. The predicted molar refractivity (Wildman–Crippen MR) is 80.7 cm³/mol. The Kier molecular flexibility index (Phi) is 4.26. The number of ketones is 1. The van der Waals surface area contributed by atoms with Crippen molar-refractivity contribution in [3.8, 4) is 0 Å². The van der Waals surface area contributed by atoms with Gasteiger partial charge in [-0.05, 0) is 39.0 Å². The summed E-state index contributed by atoms with van der Waals surface area (Å²) < 4.78 is 7.05. The number of hydrogen-bond donors (Lipinski definition) is 0. The van der Waals surface area contributed by atoms with E-state index in [4.69, 9.17) is 4.74 Å². The van der Waals surface area contributed by atoms with Gasteiger partial charge in [-0.1, -0.05) is 17.7 Å². The van der Waals surface area contributed by atoms with Gasteiger partial charge in [-0.25, -0.2) is 4.79 Å². The molecule has 1 heterocycles. The predicted octanol–water partition coefficient (Wildman–Crippen LogP) is 2.99. The molecule has 0 unspecified atom stereocenters. The molecule has 0 spiro atoms. The Balaban J connectivity index is 2.04. The molecule has 4 nitrogen and oxygen atoms in total. The molecular weight excluding hydrogens is 266 g/mol. The fourth-order valence-corrected chi connectivity index (χ4v) is 2.20. The molecule has 0 fully saturated rings. The quantitative estimate of drug-likeness (QED) is 0.641. The van der Waals surface area contributed by atoms with E-state index < -0.39 is 5.97 Å². The van der Waals surface area contributed by atoms with Gasteiger partial charge in [0.25, 0.3) is 0 Å². The van der Waals surface area contributed by atoms with Gasteiger partial charge < -0.3 is 9.30 Å². The van der Waals surface area contributed by atoms with Crippen LogP contribution < -0.4 is 0 Å². The molecule has 0 saturated heterocycles. The number of benzene rings is 1. The van der Waals surface area contributed by atoms with Crippen LogP contribution in [0.1, 0.15) is 37.7 Å². The standard InChI is InChI=1S/C17H19NO3/c1-11-6-5-7-14(8-11)17(20)21-10-16(19)15-9-12(2)18(4)13(15)3/h5-9H,10H2,1-4H3. The van der Waals surface area contributed by atoms with E-state index in [0.717, 1.165) is 17.0 Å². The Morgan fingerprint density at radius 1 is 1.14 bits per heavy atom. The van der Waals surface area contributed by atoms with E-state index in [0.29, 0.717) is 11.1 Å². The van der Waals surface area contributed by atoms with Crippen molar-refractivity contribution in [2.45, 2.75) is 20.8 Å². The number of hydrogen-bond acceptors (Lipinski definition) is 3. The molecule has 0 amide bonds. The van der Waals surface area contributed by atoms with Gasteiger partial charge in [0, 0.05) is 24.0 Å². The topological polar surface area (TPSA) is 48.3 Å². The number of carbonyl (C=O) groups is 2. The van der Waals surface area contributed by atoms with E-state index >= 15 is 0 Å². The second kappa shape index (κ2) is 5.95. The SMILES string of the molecule is Cc1cccc(C(=O)OCC(=O)c2cc(C)n(C)c2C)c1. The van der Waals surface area contributed by atoms with Crippen LogP contribution >= 0.6 is 0 Å². The number of esters is 1. The molecule has 21 heavy (non-hydrogen) atoms. The van der Waals surface area contributed by atoms with Crippen molar-refractivity contribution < 1.29 is 14.3 Å². The Hall–Kier alpha value is -2.36. The zero-order valence-electron chi connectivity index (χ0n) is 12.8. The molecule has 110 valence electrons. The number of carbonyl (C=O) groups excluding carboxylic acids is 2. The molecule has 1 aromatic heterocycles. The van der Waals surface area contributed by atoms with Crippen LogP contribution in [-0.2, 0) is 11.8 Å². The first-order valence-corrected chi connectivity index (χ1v) is 6.80. The van der Waals surface area contributed by atoms with E-state index in [2.05, 4.69) is 0 Å². The number of ether oxygens (including phenoxy) is 1. The minimum Gasteiger partial charge on any atom is -0.454 e. The zero-order chi connectivity index (χ0) is 15.6. The van der Waals surface area contributed by atoms with Crippen LogP contribution in [0, 0.1) is 20.8 Å². The Morgan fingerprint density at radius 2 is 1.86 bits per heavy atom. The van der Waals surface area contributed by atoms with Crippen molar-refractivity contribution >= 4 is 11.8 Å². The minimum atomic E-state index is -0.475. The minimum absolute atomic E-state index is 0.183. The van der Waals surface area contributed by atoms with E-state index in [9.17, 15) is 9.59 Å². The van der Waals surface area contributed by atoms with Crippen molar-refractivity contribution in [3.63, 3.8) is 0 Å². The van der Waals surface area contributed by atoms with Gasteiger partial charge in [-0.15, -0.1) is 0 Å². The number of rotatable bonds is 4. The lowest BCUT2D eigenvalue weighted by atomic mass is 10.1. The van der Waals surface area contributed by atoms with Crippen LogP contribution in [0.25, 0.3) is 0 Å². The molecule has 0 aliphatic rings. The summed E-state index contributed by atoms with van der Waals surface area (Å²) in [6.45, 7) is 5.47. The van der Waals surface area contributed by atoms with Crippen LogP contribution in [0.2, 0.25) is 0 Å². The maximum absolute atomic E-state index is 12.1. The third kappa shape index (κ3) is 3.21. The van der Waals surface area contributed by atoms with Gasteiger partial charge in [0.05, 0.1) is 5.56 Å². The van der Waals surface area contributed by atoms with Crippen LogP contribution in [0.3, 0.4) is 0 Å². The van der Waals surface area contributed by atoms with E-state index in [1.807, 2.05) is 44.5 Å². The maximum Gasteiger partial charge on any atom is 0.338 e. The van der Waals surface area contributed by atoms with Crippen LogP contribution in [0.15, 0.2) is 30.3 Å². The number of aryl methyl sites for hydroxylation is 2. The second-order valence-corrected chi connectivity index (χ2v) is 5.21. The summed E-state index contributed by atoms with van der Waals surface area (Å²) in [7, 11) is 1.90. The highest BCUT2D eigenvalue weighted by molar-refractivity contribution is 6.00. The average molecular weight is 285 g/mol. The van der Waals surface area contributed by atoms with E-state index in [1.54, 1.807) is 18.2 Å². The highest BCUT2D eigenvalue weighted by Crippen LogP contribution is 2.14. The van der Waals surface area contributed by atoms with Crippen molar-refractivity contribution in [2.75, 3.05) is 6.61 Å². The fourth-order valence-electron chi connectivity index (χ4n) is 2.20. The Bertz CT molecular complexity index is 698. The van der Waals surface area contributed by atoms with Crippen molar-refractivity contribution in [3.05, 3.63) is 58.4 Å². The lowest BCUT2D eigenvalue weighted by Crippen LogP contribution is -2.15. The van der Waals surface area contributed by atoms with E-state index in [-0.39, 0.29) is 12.4 Å². The summed E-state index contributed by atoms with van der Waals surface area (Å²) in [5.41, 5.74) is 3.92. The van der Waals surface area contributed by atoms with Crippen LogP contribution in [-0.4, -0.2) is 22.9 Å². The number of nitrogens with zero attached hydrogens (tertiary/aromatic N) is 1. The molecule has 4 heteroatoms. The average Bonchev–Trinajstić information content (AvgIpc) is 2.72. The first-order valence-electron chi connectivity index (χ1n) is 6.80. The van der Waals surface area contributed by atoms with Gasteiger partial charge in [0.1, 0.15) is 0 Å². The highest BCUT2D eigenvalue weighted by atomic mass is 16.5. The highest BCUT2D eigenvalue weighted by Gasteiger charge is 2.16. The van der Waals surface area contributed by atoms with Crippen molar-refractivity contribution in [1.29, 1.82) is 0 Å². The summed E-state index contributed by atoms with van der Waals surface area (Å²) in [6, 6.07) is 8.93. The molecule has 0 aliphatic carbocycles. The van der Waals surface area contributed by atoms with Crippen LogP contribution in [0.5, 0.6) is 0 Å². The first-order chi connectivity index (χ1) is 9.90. The monoisotopic (exact) mass is 285 g/mol. The van der Waals surface area contributed by atoms with Gasteiger partial charge in [-0.2, -0.15) is 0 Å². The molecule has 0 aliphatic heterocycles. The molecule has 2 aromatic rings. The molecule has 0 N–H and O–H groups in total. The fraction of sp³-hybridized carbons (Fsp3) is 0.294. The largest absolute Gasteiger partial charge is 0.454 e. The lowest BCUT2D eigenvalue weighted by molar-refractivity contribution is 0.0474. The molecule has 2 rings (SSSR count). The summed E-state index contributed by atoms with van der Waals surface area (Å²) in [4.78, 5) is 24.1. The third-order valence-corrected chi connectivity index (χ3v) is 3.66. The molecule has 0 atom stereocenters. The van der Waals surface area contributed by atoms with Gasteiger partial charge in [0.2, 0.25) is 5.78 Å². The summed E-state index contributed by atoms with van der Waals surface area (Å²) in [6.07, 6.45) is 0. The maximum atomic E-state index is 12.1. The zero-order valence-corrected chi connectivity index (χ0v) is 12.8. The van der Waals surface area contributed by atoms with E-state index in [1.165, 1.54) is 0 Å².